The van der Waals surface area contributed by atoms with E-state index in [1.54, 1.807) is 17.7 Å². The van der Waals surface area contributed by atoms with Gasteiger partial charge in [-0.25, -0.2) is 4.79 Å². The van der Waals surface area contributed by atoms with Crippen LogP contribution in [0.15, 0.2) is 23.0 Å². The molecule has 0 saturated heterocycles. The van der Waals surface area contributed by atoms with Gasteiger partial charge >= 0.3 is 5.69 Å². The minimum absolute atomic E-state index is 0.0151. The molecule has 0 atom stereocenters. The average molecular weight is 303 g/mol. The van der Waals surface area contributed by atoms with Gasteiger partial charge in [0.25, 0.3) is 0 Å². The molecule has 3 aromatic rings. The van der Waals surface area contributed by atoms with E-state index in [4.69, 9.17) is 11.6 Å². The maximum absolute atomic E-state index is 12.6. The topological polar surface area (TPSA) is 52.7 Å². The standard InChI is InChI=1S/C15H15ClN4O/c1-19-14-13(20(15(19)21)10-4-2-3-5-10)11-8-9(16)6-7-12(11)17-18-14/h6-8,10H,2-5H2,1H3. The monoisotopic (exact) mass is 302 g/mol. The molecule has 0 amide bonds. The Morgan fingerprint density at radius 2 is 2.00 bits per heavy atom. The second-order valence-corrected chi connectivity index (χ2v) is 6.12. The molecule has 21 heavy (non-hydrogen) atoms. The van der Waals surface area contributed by atoms with Crippen molar-refractivity contribution in [2.24, 2.45) is 7.05 Å². The Kier molecular flexibility index (Phi) is 2.79. The number of hydrogen-bond donors (Lipinski definition) is 0. The molecule has 0 radical (unpaired) electrons. The predicted octanol–water partition coefficient (Wildman–Crippen LogP) is 3.05. The molecule has 0 N–H and O–H groups in total. The Hall–Kier alpha value is -1.88. The highest BCUT2D eigenvalue weighted by atomic mass is 35.5. The summed E-state index contributed by atoms with van der Waals surface area (Å²) < 4.78 is 3.48. The number of hydrogen-bond acceptors (Lipinski definition) is 3. The molecule has 5 nitrogen and oxygen atoms in total. The van der Waals surface area contributed by atoms with Crippen molar-refractivity contribution >= 4 is 33.7 Å². The predicted molar refractivity (Wildman–Crippen MR) is 82.8 cm³/mol. The number of benzene rings is 1. The number of imidazole rings is 1. The Morgan fingerprint density at radius 3 is 2.76 bits per heavy atom. The van der Waals surface area contributed by atoms with E-state index >= 15 is 0 Å². The lowest BCUT2D eigenvalue weighted by Crippen LogP contribution is -2.24. The van der Waals surface area contributed by atoms with Crippen LogP contribution in [0.5, 0.6) is 0 Å². The maximum Gasteiger partial charge on any atom is 0.330 e. The Labute approximate surface area is 126 Å². The quantitative estimate of drug-likeness (QED) is 0.694. The van der Waals surface area contributed by atoms with E-state index < -0.39 is 0 Å². The number of aryl methyl sites for hydroxylation is 1. The van der Waals surface area contributed by atoms with Gasteiger partial charge in [0.05, 0.1) is 5.52 Å². The van der Waals surface area contributed by atoms with Crippen molar-refractivity contribution in [1.29, 1.82) is 0 Å². The summed E-state index contributed by atoms with van der Waals surface area (Å²) in [6.07, 6.45) is 4.43. The van der Waals surface area contributed by atoms with Crippen LogP contribution in [0, 0.1) is 0 Å². The van der Waals surface area contributed by atoms with E-state index in [-0.39, 0.29) is 11.7 Å². The van der Waals surface area contributed by atoms with Gasteiger partial charge in [-0.1, -0.05) is 24.4 Å². The maximum atomic E-state index is 12.6. The summed E-state index contributed by atoms with van der Waals surface area (Å²) in [6, 6.07) is 5.78. The average Bonchev–Trinajstić information content (AvgIpc) is 3.08. The van der Waals surface area contributed by atoms with Crippen LogP contribution in [-0.4, -0.2) is 19.3 Å². The molecule has 1 fully saturated rings. The van der Waals surface area contributed by atoms with Crippen LogP contribution in [0.4, 0.5) is 0 Å². The molecule has 1 saturated carbocycles. The first kappa shape index (κ1) is 12.8. The van der Waals surface area contributed by atoms with E-state index in [2.05, 4.69) is 10.2 Å². The minimum atomic E-state index is -0.0151. The van der Waals surface area contributed by atoms with Crippen LogP contribution in [0.25, 0.3) is 22.1 Å². The first-order valence-electron chi connectivity index (χ1n) is 7.19. The molecule has 6 heteroatoms. The van der Waals surface area contributed by atoms with E-state index in [0.717, 1.165) is 29.3 Å². The second-order valence-electron chi connectivity index (χ2n) is 5.68. The van der Waals surface area contributed by atoms with Gasteiger partial charge < -0.3 is 0 Å². The van der Waals surface area contributed by atoms with Gasteiger partial charge in [-0.15, -0.1) is 10.2 Å². The van der Waals surface area contributed by atoms with Crippen LogP contribution in [-0.2, 0) is 7.05 Å². The lowest BCUT2D eigenvalue weighted by atomic mass is 10.2. The van der Waals surface area contributed by atoms with Crippen LogP contribution < -0.4 is 5.69 Å². The summed E-state index contributed by atoms with van der Waals surface area (Å²) in [5, 5.41) is 10.00. The van der Waals surface area contributed by atoms with E-state index in [1.165, 1.54) is 12.8 Å². The second kappa shape index (κ2) is 4.56. The van der Waals surface area contributed by atoms with Gasteiger partial charge in [0, 0.05) is 23.5 Å². The van der Waals surface area contributed by atoms with Crippen molar-refractivity contribution < 1.29 is 0 Å². The van der Waals surface area contributed by atoms with Gasteiger partial charge in [0.15, 0.2) is 5.65 Å². The van der Waals surface area contributed by atoms with Crippen molar-refractivity contribution in [1.82, 2.24) is 19.3 Å². The number of rotatable bonds is 1. The van der Waals surface area contributed by atoms with Gasteiger partial charge in [-0.3, -0.25) is 9.13 Å². The van der Waals surface area contributed by atoms with E-state index in [9.17, 15) is 4.79 Å². The zero-order chi connectivity index (χ0) is 14.6. The fourth-order valence-corrected chi connectivity index (χ4v) is 3.54. The Balaban J connectivity index is 2.18. The van der Waals surface area contributed by atoms with E-state index in [0.29, 0.717) is 10.7 Å². The molecule has 2 heterocycles. The highest BCUT2D eigenvalue weighted by molar-refractivity contribution is 6.31. The number of halogens is 1. The van der Waals surface area contributed by atoms with Gasteiger partial charge in [0.2, 0.25) is 0 Å². The SMILES string of the molecule is Cn1c(=O)n(C2CCCC2)c2c3cc(Cl)ccc3nnc21. The number of nitrogens with zero attached hydrogens (tertiary/aromatic N) is 4. The van der Waals surface area contributed by atoms with Crippen molar-refractivity contribution in [3.63, 3.8) is 0 Å². The third-order valence-corrected chi connectivity index (χ3v) is 4.65. The van der Waals surface area contributed by atoms with E-state index in [1.807, 2.05) is 16.7 Å². The molecule has 108 valence electrons. The molecule has 4 rings (SSSR count). The summed E-state index contributed by atoms with van der Waals surface area (Å²) in [4.78, 5) is 12.6. The highest BCUT2D eigenvalue weighted by Crippen LogP contribution is 2.33. The number of fused-ring (bicyclic) bond motifs is 3. The summed E-state index contributed by atoms with van der Waals surface area (Å²) in [7, 11) is 1.75. The van der Waals surface area contributed by atoms with Crippen LogP contribution in [0.2, 0.25) is 5.02 Å². The molecule has 0 spiro atoms. The van der Waals surface area contributed by atoms with Crippen molar-refractivity contribution in [3.8, 4) is 0 Å². The molecule has 1 aliphatic rings. The lowest BCUT2D eigenvalue weighted by molar-refractivity contribution is 0.510. The number of aromatic nitrogens is 4. The van der Waals surface area contributed by atoms with Crippen molar-refractivity contribution in [2.75, 3.05) is 0 Å². The van der Waals surface area contributed by atoms with Gasteiger partial charge in [-0.2, -0.15) is 0 Å². The van der Waals surface area contributed by atoms with Gasteiger partial charge in [-0.05, 0) is 31.0 Å². The Morgan fingerprint density at radius 1 is 1.24 bits per heavy atom. The molecule has 0 bridgehead atoms. The Bertz CT molecular complexity index is 905. The minimum Gasteiger partial charge on any atom is -0.287 e. The van der Waals surface area contributed by atoms with Crippen LogP contribution in [0.1, 0.15) is 31.7 Å². The summed E-state index contributed by atoms with van der Waals surface area (Å²) >= 11 is 6.14. The third-order valence-electron chi connectivity index (χ3n) is 4.42. The summed E-state index contributed by atoms with van der Waals surface area (Å²) in [5.74, 6) is 0. The summed E-state index contributed by atoms with van der Waals surface area (Å²) in [5.41, 5.74) is 2.24. The fourth-order valence-electron chi connectivity index (χ4n) is 3.37. The molecular weight excluding hydrogens is 288 g/mol. The molecule has 1 aromatic carbocycles. The molecule has 0 unspecified atom stereocenters. The van der Waals surface area contributed by atoms with Crippen molar-refractivity contribution in [3.05, 3.63) is 33.7 Å². The molecular formula is C15H15ClN4O. The fraction of sp³-hybridized carbons (Fsp3) is 0.400. The molecule has 1 aliphatic carbocycles. The molecule has 2 aromatic heterocycles. The third kappa shape index (κ3) is 1.80. The van der Waals surface area contributed by atoms with Gasteiger partial charge in [0.1, 0.15) is 5.52 Å². The van der Waals surface area contributed by atoms with Crippen LogP contribution >= 0.6 is 11.6 Å². The highest BCUT2D eigenvalue weighted by Gasteiger charge is 2.24. The normalized spacial score (nSPS) is 16.3. The zero-order valence-corrected chi connectivity index (χ0v) is 12.5. The largest absolute Gasteiger partial charge is 0.330 e. The molecule has 0 aliphatic heterocycles. The first-order chi connectivity index (χ1) is 10.2. The smallest absolute Gasteiger partial charge is 0.287 e. The van der Waals surface area contributed by atoms with Crippen LogP contribution in [0.3, 0.4) is 0 Å². The van der Waals surface area contributed by atoms with Crippen molar-refractivity contribution in [2.45, 2.75) is 31.7 Å². The lowest BCUT2D eigenvalue weighted by Gasteiger charge is -2.12. The zero-order valence-electron chi connectivity index (χ0n) is 11.7. The first-order valence-corrected chi connectivity index (χ1v) is 7.57. The summed E-state index contributed by atoms with van der Waals surface area (Å²) in [6.45, 7) is 0.